The van der Waals surface area contributed by atoms with Crippen molar-refractivity contribution in [3.05, 3.63) is 41.6 Å². The number of nitrogens with one attached hydrogen (secondary N) is 1. The van der Waals surface area contributed by atoms with Gasteiger partial charge in [-0.3, -0.25) is 0 Å². The van der Waals surface area contributed by atoms with Gasteiger partial charge in [0.2, 0.25) is 15.9 Å². The SMILES string of the molecule is C/C=C1\N=C(c2ccc(S(=O)(=O)NC(C)(C)C)cc2)OC1=O. The van der Waals surface area contributed by atoms with Crippen LogP contribution in [-0.2, 0) is 19.6 Å². The van der Waals surface area contributed by atoms with E-state index in [0.717, 1.165) is 0 Å². The number of allylic oxidation sites excluding steroid dienone is 1. The number of cyclic esters (lactones) is 1. The van der Waals surface area contributed by atoms with Gasteiger partial charge in [-0.1, -0.05) is 6.08 Å². The molecule has 7 heteroatoms. The number of esters is 1. The van der Waals surface area contributed by atoms with Crippen LogP contribution in [0, 0.1) is 0 Å². The number of hydrogen-bond donors (Lipinski definition) is 1. The molecule has 0 atom stereocenters. The van der Waals surface area contributed by atoms with E-state index in [1.165, 1.54) is 12.1 Å². The summed E-state index contributed by atoms with van der Waals surface area (Å²) in [6.45, 7) is 7.00. The van der Waals surface area contributed by atoms with E-state index in [4.69, 9.17) is 4.74 Å². The molecule has 1 aromatic rings. The summed E-state index contributed by atoms with van der Waals surface area (Å²) in [5.74, 6) is -0.338. The fourth-order valence-corrected chi connectivity index (χ4v) is 3.28. The van der Waals surface area contributed by atoms with Crippen molar-refractivity contribution in [2.24, 2.45) is 4.99 Å². The highest BCUT2D eigenvalue weighted by Gasteiger charge is 2.25. The smallest absolute Gasteiger partial charge is 0.363 e. The van der Waals surface area contributed by atoms with Crippen molar-refractivity contribution in [2.45, 2.75) is 38.1 Å². The normalized spacial score (nSPS) is 17.5. The number of aliphatic imine (C=N–C) groups is 1. The summed E-state index contributed by atoms with van der Waals surface area (Å²) in [7, 11) is -3.59. The number of rotatable bonds is 3. The van der Waals surface area contributed by atoms with Gasteiger partial charge in [0.15, 0.2) is 0 Å². The molecule has 2 rings (SSSR count). The lowest BCUT2D eigenvalue weighted by molar-refractivity contribution is -0.130. The second kappa shape index (κ2) is 5.66. The van der Waals surface area contributed by atoms with E-state index in [0.29, 0.717) is 5.56 Å². The molecule has 0 bridgehead atoms. The number of nitrogens with zero attached hydrogens (tertiary/aromatic N) is 1. The second-order valence-electron chi connectivity index (χ2n) is 5.86. The first-order valence-corrected chi connectivity index (χ1v) is 8.22. The standard InChI is InChI=1S/C15H18N2O4S/c1-5-12-14(18)21-13(16-12)10-6-8-11(9-7-10)22(19,20)17-15(2,3)4/h5-9,17H,1-4H3/b12-5-. The Balaban J connectivity index is 2.27. The Morgan fingerprint density at radius 1 is 1.18 bits per heavy atom. The average molecular weight is 322 g/mol. The Kier molecular flexibility index (Phi) is 4.21. The van der Waals surface area contributed by atoms with Crippen LogP contribution in [0.15, 0.2) is 45.9 Å². The van der Waals surface area contributed by atoms with E-state index in [9.17, 15) is 13.2 Å². The van der Waals surface area contributed by atoms with Gasteiger partial charge in [-0.2, -0.15) is 0 Å². The second-order valence-corrected chi connectivity index (χ2v) is 7.54. The maximum Gasteiger partial charge on any atom is 0.363 e. The minimum Gasteiger partial charge on any atom is -0.402 e. The molecule has 1 aromatic carbocycles. The van der Waals surface area contributed by atoms with Crippen LogP contribution in [0.1, 0.15) is 33.3 Å². The van der Waals surface area contributed by atoms with Gasteiger partial charge < -0.3 is 4.74 Å². The highest BCUT2D eigenvalue weighted by atomic mass is 32.2. The molecule has 0 amide bonds. The van der Waals surface area contributed by atoms with Crippen LogP contribution in [-0.4, -0.2) is 25.8 Å². The monoisotopic (exact) mass is 322 g/mol. The van der Waals surface area contributed by atoms with E-state index in [2.05, 4.69) is 9.71 Å². The Labute approximate surface area is 130 Å². The summed E-state index contributed by atoms with van der Waals surface area (Å²) in [5, 5.41) is 0. The minimum atomic E-state index is -3.59. The molecule has 0 spiro atoms. The molecule has 22 heavy (non-hydrogen) atoms. The Hall–Kier alpha value is -1.99. The highest BCUT2D eigenvalue weighted by molar-refractivity contribution is 7.89. The molecule has 0 fully saturated rings. The van der Waals surface area contributed by atoms with Gasteiger partial charge in [0.05, 0.1) is 4.90 Å². The van der Waals surface area contributed by atoms with Crippen LogP contribution in [0.4, 0.5) is 0 Å². The van der Waals surface area contributed by atoms with Gasteiger partial charge in [-0.25, -0.2) is 22.9 Å². The number of hydrogen-bond acceptors (Lipinski definition) is 5. The average Bonchev–Trinajstić information content (AvgIpc) is 2.77. The Morgan fingerprint density at radius 3 is 2.23 bits per heavy atom. The summed E-state index contributed by atoms with van der Waals surface area (Å²) in [6.07, 6.45) is 1.56. The lowest BCUT2D eigenvalue weighted by Gasteiger charge is -2.20. The topological polar surface area (TPSA) is 84.8 Å². The predicted molar refractivity (Wildman–Crippen MR) is 82.9 cm³/mol. The molecule has 0 aliphatic carbocycles. The third kappa shape index (κ3) is 3.61. The number of benzene rings is 1. The summed E-state index contributed by atoms with van der Waals surface area (Å²) in [5.41, 5.74) is 0.213. The fourth-order valence-electron chi connectivity index (χ4n) is 1.86. The first-order chi connectivity index (χ1) is 10.1. The lowest BCUT2D eigenvalue weighted by Crippen LogP contribution is -2.40. The quantitative estimate of drug-likeness (QED) is 0.681. The van der Waals surface area contributed by atoms with Crippen molar-refractivity contribution >= 4 is 21.9 Å². The largest absolute Gasteiger partial charge is 0.402 e. The van der Waals surface area contributed by atoms with E-state index in [-0.39, 0.29) is 16.5 Å². The van der Waals surface area contributed by atoms with Crippen molar-refractivity contribution in [2.75, 3.05) is 0 Å². The van der Waals surface area contributed by atoms with Crippen molar-refractivity contribution < 1.29 is 17.9 Å². The van der Waals surface area contributed by atoms with Crippen LogP contribution in [0.25, 0.3) is 0 Å². The van der Waals surface area contributed by atoms with Crippen molar-refractivity contribution in [1.82, 2.24) is 4.72 Å². The van der Waals surface area contributed by atoms with Gasteiger partial charge in [-0.05, 0) is 52.0 Å². The van der Waals surface area contributed by atoms with E-state index in [1.54, 1.807) is 45.9 Å². The molecule has 1 heterocycles. The zero-order chi connectivity index (χ0) is 16.5. The van der Waals surface area contributed by atoms with E-state index < -0.39 is 21.5 Å². The molecule has 6 nitrogen and oxygen atoms in total. The maximum absolute atomic E-state index is 12.2. The van der Waals surface area contributed by atoms with E-state index >= 15 is 0 Å². The zero-order valence-electron chi connectivity index (χ0n) is 12.9. The van der Waals surface area contributed by atoms with Crippen molar-refractivity contribution in [3.8, 4) is 0 Å². The summed E-state index contributed by atoms with van der Waals surface area (Å²) >= 11 is 0. The van der Waals surface area contributed by atoms with Crippen LogP contribution in [0.3, 0.4) is 0 Å². The Bertz CT molecular complexity index is 754. The van der Waals surface area contributed by atoms with Gasteiger partial charge in [-0.15, -0.1) is 0 Å². The van der Waals surface area contributed by atoms with Gasteiger partial charge >= 0.3 is 5.97 Å². The number of carbonyl (C=O) groups excluding carboxylic acids is 1. The minimum absolute atomic E-state index is 0.141. The molecule has 0 saturated carbocycles. The zero-order valence-corrected chi connectivity index (χ0v) is 13.7. The molecule has 1 N–H and O–H groups in total. The third-order valence-electron chi connectivity index (χ3n) is 2.75. The van der Waals surface area contributed by atoms with Gasteiger partial charge in [0.25, 0.3) is 0 Å². The van der Waals surface area contributed by atoms with Crippen molar-refractivity contribution in [3.63, 3.8) is 0 Å². The van der Waals surface area contributed by atoms with Crippen LogP contribution < -0.4 is 4.72 Å². The van der Waals surface area contributed by atoms with Crippen molar-refractivity contribution in [1.29, 1.82) is 0 Å². The lowest BCUT2D eigenvalue weighted by atomic mass is 10.1. The fraction of sp³-hybridized carbons (Fsp3) is 0.333. The molecular weight excluding hydrogens is 304 g/mol. The van der Waals surface area contributed by atoms with E-state index in [1.807, 2.05) is 0 Å². The first kappa shape index (κ1) is 16.4. The summed E-state index contributed by atoms with van der Waals surface area (Å²) in [6, 6.07) is 6.02. The summed E-state index contributed by atoms with van der Waals surface area (Å²) in [4.78, 5) is 15.7. The molecule has 0 radical (unpaired) electrons. The maximum atomic E-state index is 12.2. The van der Waals surface area contributed by atoms with Crippen LogP contribution in [0.5, 0.6) is 0 Å². The van der Waals surface area contributed by atoms with Crippen LogP contribution >= 0.6 is 0 Å². The molecule has 118 valence electrons. The molecule has 1 aliphatic rings. The molecule has 0 aromatic heterocycles. The molecule has 1 aliphatic heterocycles. The van der Waals surface area contributed by atoms with Crippen LogP contribution in [0.2, 0.25) is 0 Å². The number of ether oxygens (including phenoxy) is 1. The first-order valence-electron chi connectivity index (χ1n) is 6.74. The number of sulfonamides is 1. The Morgan fingerprint density at radius 2 is 1.77 bits per heavy atom. The predicted octanol–water partition coefficient (Wildman–Crippen LogP) is 1.97. The molecule has 0 unspecified atom stereocenters. The summed E-state index contributed by atoms with van der Waals surface area (Å²) < 4.78 is 32.0. The third-order valence-corrected chi connectivity index (χ3v) is 4.52. The highest BCUT2D eigenvalue weighted by Crippen LogP contribution is 2.18. The molecule has 0 saturated heterocycles. The van der Waals surface area contributed by atoms with Gasteiger partial charge in [0, 0.05) is 11.1 Å². The van der Waals surface area contributed by atoms with Gasteiger partial charge in [0.1, 0.15) is 5.70 Å². The number of carbonyl (C=O) groups is 1. The molecular formula is C15H18N2O4S.